The zero-order valence-corrected chi connectivity index (χ0v) is 21.1. The van der Waals surface area contributed by atoms with Crippen molar-refractivity contribution in [1.29, 1.82) is 0 Å². The molecule has 0 spiro atoms. The average Bonchev–Trinajstić information content (AvgIpc) is 3.67. The maximum absolute atomic E-state index is 6.23. The second kappa shape index (κ2) is 7.69. The number of benzene rings is 4. The highest BCUT2D eigenvalue weighted by Gasteiger charge is 2.17. The first kappa shape index (κ1) is 20.9. The summed E-state index contributed by atoms with van der Waals surface area (Å²) in [5, 5.41) is 4.21. The number of hydrogen-bond acceptors (Lipinski definition) is 7. The summed E-state index contributed by atoms with van der Waals surface area (Å²) in [6.45, 7) is 0. The lowest BCUT2D eigenvalue weighted by Crippen LogP contribution is -1.86. The number of para-hydroxylation sites is 1. The molecule has 5 heterocycles. The standard InChI is InChI=1S/C32H16N4O2S/c1-2-7-24-20(4-1)30-31(38-24)28(35-16-36-30)18-9-11-26-23(13-18)22-12-17(8-10-25(22)37-26)19-5-3-6-21-29-27(39-32(19)21)14-33-15-34-29/h1-16H. The van der Waals surface area contributed by atoms with Crippen molar-refractivity contribution in [3.8, 4) is 22.4 Å². The molecule has 0 saturated heterocycles. The van der Waals surface area contributed by atoms with E-state index in [4.69, 9.17) is 8.83 Å². The molecule has 9 aromatic rings. The number of furan rings is 2. The minimum Gasteiger partial charge on any atom is -0.456 e. The molecule has 182 valence electrons. The van der Waals surface area contributed by atoms with Crippen LogP contribution in [0, 0.1) is 0 Å². The summed E-state index contributed by atoms with van der Waals surface area (Å²) in [6.07, 6.45) is 5.10. The van der Waals surface area contributed by atoms with E-state index in [1.54, 1.807) is 24.0 Å². The predicted octanol–water partition coefficient (Wildman–Crippen LogP) is 8.77. The molecule has 0 fully saturated rings. The molecule has 0 unspecified atom stereocenters. The van der Waals surface area contributed by atoms with Gasteiger partial charge in [0, 0.05) is 38.0 Å². The quantitative estimate of drug-likeness (QED) is 0.227. The van der Waals surface area contributed by atoms with Gasteiger partial charge in [-0.25, -0.2) is 19.9 Å². The predicted molar refractivity (Wildman–Crippen MR) is 156 cm³/mol. The van der Waals surface area contributed by atoms with E-state index in [0.717, 1.165) is 70.8 Å². The molecule has 0 atom stereocenters. The molecule has 9 rings (SSSR count). The topological polar surface area (TPSA) is 77.8 Å². The molecular weight excluding hydrogens is 504 g/mol. The smallest absolute Gasteiger partial charge is 0.180 e. The molecule has 4 aromatic carbocycles. The highest BCUT2D eigenvalue weighted by Crippen LogP contribution is 2.41. The minimum absolute atomic E-state index is 0.686. The van der Waals surface area contributed by atoms with E-state index in [1.165, 1.54) is 10.3 Å². The summed E-state index contributed by atoms with van der Waals surface area (Å²) < 4.78 is 14.7. The molecule has 6 nitrogen and oxygen atoms in total. The van der Waals surface area contributed by atoms with E-state index < -0.39 is 0 Å². The van der Waals surface area contributed by atoms with Crippen molar-refractivity contribution in [3.63, 3.8) is 0 Å². The van der Waals surface area contributed by atoms with Crippen LogP contribution < -0.4 is 0 Å². The molecule has 0 saturated carbocycles. The Labute approximate surface area is 224 Å². The zero-order valence-electron chi connectivity index (χ0n) is 20.3. The van der Waals surface area contributed by atoms with Crippen LogP contribution in [0.2, 0.25) is 0 Å². The SMILES string of the molecule is c1ccc2c(c1)oc1c(-c3ccc4oc5ccc(-c6cccc7c6sc6cncnc67)cc5c4c3)ncnc12. The zero-order chi connectivity index (χ0) is 25.5. The van der Waals surface area contributed by atoms with Gasteiger partial charge < -0.3 is 8.83 Å². The van der Waals surface area contributed by atoms with Crippen LogP contribution in [0.1, 0.15) is 0 Å². The van der Waals surface area contributed by atoms with Crippen LogP contribution >= 0.6 is 11.3 Å². The Balaban J connectivity index is 1.26. The van der Waals surface area contributed by atoms with Crippen molar-refractivity contribution in [2.24, 2.45) is 0 Å². The van der Waals surface area contributed by atoms with Gasteiger partial charge in [-0.3, -0.25) is 0 Å². The minimum atomic E-state index is 0.686. The van der Waals surface area contributed by atoms with E-state index >= 15 is 0 Å². The van der Waals surface area contributed by atoms with Gasteiger partial charge in [-0.2, -0.15) is 0 Å². The number of hydrogen-bond donors (Lipinski definition) is 0. The highest BCUT2D eigenvalue weighted by atomic mass is 32.1. The third-order valence-electron chi connectivity index (χ3n) is 7.37. The largest absolute Gasteiger partial charge is 0.456 e. The molecule has 0 amide bonds. The monoisotopic (exact) mass is 520 g/mol. The molecule has 39 heavy (non-hydrogen) atoms. The number of fused-ring (bicyclic) bond motifs is 9. The first-order chi connectivity index (χ1) is 19.3. The van der Waals surface area contributed by atoms with Crippen LogP contribution in [0.25, 0.3) is 86.7 Å². The third-order valence-corrected chi connectivity index (χ3v) is 8.54. The second-order valence-electron chi connectivity index (χ2n) is 9.54. The van der Waals surface area contributed by atoms with Crippen molar-refractivity contribution in [3.05, 3.63) is 97.7 Å². The van der Waals surface area contributed by atoms with Gasteiger partial charge in [0.2, 0.25) is 0 Å². The van der Waals surface area contributed by atoms with E-state index in [2.05, 4.69) is 62.4 Å². The molecule has 0 radical (unpaired) electrons. The van der Waals surface area contributed by atoms with E-state index in [0.29, 0.717) is 5.58 Å². The fraction of sp³-hybridized carbons (Fsp3) is 0. The van der Waals surface area contributed by atoms with Crippen molar-refractivity contribution in [1.82, 2.24) is 19.9 Å². The van der Waals surface area contributed by atoms with Gasteiger partial charge in [0.05, 0.1) is 10.2 Å². The van der Waals surface area contributed by atoms with Gasteiger partial charge in [0.15, 0.2) is 5.58 Å². The van der Waals surface area contributed by atoms with Crippen LogP contribution in [-0.2, 0) is 0 Å². The molecule has 7 heteroatoms. The van der Waals surface area contributed by atoms with Gasteiger partial charge in [-0.05, 0) is 53.6 Å². The molecular formula is C32H16N4O2S. The molecule has 5 aromatic heterocycles. The van der Waals surface area contributed by atoms with Crippen molar-refractivity contribution in [2.45, 2.75) is 0 Å². The van der Waals surface area contributed by atoms with Gasteiger partial charge in [0.1, 0.15) is 40.6 Å². The fourth-order valence-corrected chi connectivity index (χ4v) is 6.75. The van der Waals surface area contributed by atoms with E-state index in [-0.39, 0.29) is 0 Å². The Morgan fingerprint density at radius 3 is 2.28 bits per heavy atom. The summed E-state index contributed by atoms with van der Waals surface area (Å²) in [5.74, 6) is 0. The Morgan fingerprint density at radius 2 is 1.36 bits per heavy atom. The van der Waals surface area contributed by atoms with E-state index in [9.17, 15) is 0 Å². The van der Waals surface area contributed by atoms with Crippen LogP contribution in [0.5, 0.6) is 0 Å². The van der Waals surface area contributed by atoms with Crippen molar-refractivity contribution >= 4 is 75.6 Å². The van der Waals surface area contributed by atoms with Crippen molar-refractivity contribution < 1.29 is 8.83 Å². The summed E-state index contributed by atoms with van der Waals surface area (Å²) in [7, 11) is 0. The van der Waals surface area contributed by atoms with Crippen LogP contribution in [0.3, 0.4) is 0 Å². The highest BCUT2D eigenvalue weighted by molar-refractivity contribution is 7.26. The molecule has 0 aliphatic rings. The number of thiophene rings is 1. The van der Waals surface area contributed by atoms with Crippen LogP contribution in [0.15, 0.2) is 107 Å². The summed E-state index contributed by atoms with van der Waals surface area (Å²) in [5.41, 5.74) is 8.98. The summed E-state index contributed by atoms with van der Waals surface area (Å²) in [4.78, 5) is 17.9. The Morgan fingerprint density at radius 1 is 0.590 bits per heavy atom. The lowest BCUT2D eigenvalue weighted by Gasteiger charge is -2.04. The Bertz CT molecular complexity index is 2250. The average molecular weight is 521 g/mol. The molecule has 0 aliphatic carbocycles. The third kappa shape index (κ3) is 2.96. The summed E-state index contributed by atoms with van der Waals surface area (Å²) >= 11 is 1.72. The number of rotatable bonds is 2. The van der Waals surface area contributed by atoms with Gasteiger partial charge in [-0.15, -0.1) is 11.3 Å². The van der Waals surface area contributed by atoms with Crippen LogP contribution in [0.4, 0.5) is 0 Å². The normalized spacial score (nSPS) is 12.1. The van der Waals surface area contributed by atoms with Crippen LogP contribution in [-0.4, -0.2) is 19.9 Å². The first-order valence-electron chi connectivity index (χ1n) is 12.5. The lowest BCUT2D eigenvalue weighted by atomic mass is 10.0. The Kier molecular flexibility index (Phi) is 4.11. The molecule has 0 N–H and O–H groups in total. The second-order valence-corrected chi connectivity index (χ2v) is 10.6. The maximum Gasteiger partial charge on any atom is 0.180 e. The van der Waals surface area contributed by atoms with Gasteiger partial charge in [-0.1, -0.05) is 36.4 Å². The molecule has 0 aliphatic heterocycles. The number of aromatic nitrogens is 4. The first-order valence-corrected chi connectivity index (χ1v) is 13.3. The van der Waals surface area contributed by atoms with Gasteiger partial charge >= 0.3 is 0 Å². The summed E-state index contributed by atoms with van der Waals surface area (Å²) in [6, 6.07) is 26.9. The van der Waals surface area contributed by atoms with Crippen molar-refractivity contribution in [2.75, 3.05) is 0 Å². The van der Waals surface area contributed by atoms with Gasteiger partial charge in [0.25, 0.3) is 0 Å². The Hall–Kier alpha value is -5.14. The lowest BCUT2D eigenvalue weighted by molar-refractivity contribution is 0.666. The molecule has 0 bridgehead atoms. The van der Waals surface area contributed by atoms with E-state index in [1.807, 2.05) is 42.6 Å². The fourth-order valence-electron chi connectivity index (χ4n) is 5.59. The number of nitrogens with zero attached hydrogens (tertiary/aromatic N) is 4. The maximum atomic E-state index is 6.23.